The van der Waals surface area contributed by atoms with E-state index in [1.165, 1.54) is 87.9 Å². The molecule has 1 aliphatic carbocycles. The maximum Gasteiger partial charge on any atom is 0.0476 e. The zero-order valence-corrected chi connectivity index (χ0v) is 16.3. The van der Waals surface area contributed by atoms with Crippen LogP contribution in [-0.4, -0.2) is 4.98 Å². The fourth-order valence-corrected chi connectivity index (χ4v) is 4.80. The SMILES string of the molecule is Cc1cc2[nH]c3cc(Br)c(CCC4CCCCC4)cc3c2cc1C. The topological polar surface area (TPSA) is 15.8 Å². The largest absolute Gasteiger partial charge is 0.354 e. The molecule has 24 heavy (non-hydrogen) atoms. The lowest BCUT2D eigenvalue weighted by Gasteiger charge is -2.21. The van der Waals surface area contributed by atoms with E-state index in [4.69, 9.17) is 0 Å². The predicted octanol–water partition coefficient (Wildman–Crippen LogP) is 7.21. The molecule has 0 amide bonds. The average Bonchev–Trinajstić information content (AvgIpc) is 2.90. The van der Waals surface area contributed by atoms with Crippen molar-refractivity contribution in [2.75, 3.05) is 0 Å². The molecule has 0 spiro atoms. The molecular weight excluding hydrogens is 358 g/mol. The van der Waals surface area contributed by atoms with Crippen LogP contribution in [0.2, 0.25) is 0 Å². The van der Waals surface area contributed by atoms with E-state index in [1.54, 1.807) is 0 Å². The van der Waals surface area contributed by atoms with E-state index >= 15 is 0 Å². The van der Waals surface area contributed by atoms with Gasteiger partial charge in [-0.2, -0.15) is 0 Å². The predicted molar refractivity (Wildman–Crippen MR) is 108 cm³/mol. The fourth-order valence-electron chi connectivity index (χ4n) is 4.26. The van der Waals surface area contributed by atoms with Crippen molar-refractivity contribution in [1.29, 1.82) is 0 Å². The van der Waals surface area contributed by atoms with Crippen LogP contribution in [0.15, 0.2) is 28.7 Å². The van der Waals surface area contributed by atoms with Gasteiger partial charge in [0.05, 0.1) is 0 Å². The van der Waals surface area contributed by atoms with Gasteiger partial charge < -0.3 is 4.98 Å². The number of aryl methyl sites for hydroxylation is 3. The number of hydrogen-bond donors (Lipinski definition) is 1. The van der Waals surface area contributed by atoms with Gasteiger partial charge in [-0.1, -0.05) is 48.0 Å². The third kappa shape index (κ3) is 3.01. The molecule has 0 saturated heterocycles. The van der Waals surface area contributed by atoms with Crippen LogP contribution in [0.3, 0.4) is 0 Å². The van der Waals surface area contributed by atoms with Gasteiger partial charge in [0.15, 0.2) is 0 Å². The quantitative estimate of drug-likeness (QED) is 0.491. The van der Waals surface area contributed by atoms with Crippen LogP contribution >= 0.6 is 15.9 Å². The number of benzene rings is 2. The first kappa shape index (κ1) is 16.2. The van der Waals surface area contributed by atoms with Gasteiger partial charge in [-0.05, 0) is 73.6 Å². The van der Waals surface area contributed by atoms with E-state index in [1.807, 2.05) is 0 Å². The lowest BCUT2D eigenvalue weighted by atomic mass is 9.85. The van der Waals surface area contributed by atoms with Crippen LogP contribution in [0, 0.1) is 19.8 Å². The molecule has 0 bridgehead atoms. The Bertz CT molecular complexity index is 884. The summed E-state index contributed by atoms with van der Waals surface area (Å²) in [6, 6.07) is 9.30. The smallest absolute Gasteiger partial charge is 0.0476 e. The van der Waals surface area contributed by atoms with Crippen LogP contribution in [-0.2, 0) is 6.42 Å². The van der Waals surface area contributed by atoms with E-state index in [0.717, 1.165) is 5.92 Å². The zero-order valence-electron chi connectivity index (χ0n) is 14.7. The Morgan fingerprint density at radius 2 is 1.58 bits per heavy atom. The van der Waals surface area contributed by atoms with Crippen molar-refractivity contribution in [3.05, 3.63) is 45.4 Å². The molecule has 126 valence electrons. The van der Waals surface area contributed by atoms with Crippen LogP contribution in [0.25, 0.3) is 21.8 Å². The maximum absolute atomic E-state index is 3.81. The molecule has 1 aromatic heterocycles. The number of H-pyrrole nitrogens is 1. The molecule has 4 rings (SSSR count). The summed E-state index contributed by atoms with van der Waals surface area (Å²) in [5, 5.41) is 2.73. The average molecular weight is 384 g/mol. The highest BCUT2D eigenvalue weighted by atomic mass is 79.9. The highest BCUT2D eigenvalue weighted by Gasteiger charge is 2.15. The lowest BCUT2D eigenvalue weighted by Crippen LogP contribution is -2.07. The van der Waals surface area contributed by atoms with E-state index in [0.29, 0.717) is 0 Å². The van der Waals surface area contributed by atoms with Gasteiger partial charge in [0.25, 0.3) is 0 Å². The summed E-state index contributed by atoms with van der Waals surface area (Å²) in [5.74, 6) is 0.939. The number of aromatic amines is 1. The first-order chi connectivity index (χ1) is 11.6. The first-order valence-electron chi connectivity index (χ1n) is 9.33. The van der Waals surface area contributed by atoms with Crippen molar-refractivity contribution in [1.82, 2.24) is 4.98 Å². The van der Waals surface area contributed by atoms with Crippen LogP contribution in [0.4, 0.5) is 0 Å². The number of hydrogen-bond acceptors (Lipinski definition) is 0. The molecule has 1 fully saturated rings. The molecule has 1 heterocycles. The Morgan fingerprint density at radius 1 is 0.917 bits per heavy atom. The van der Waals surface area contributed by atoms with E-state index in [-0.39, 0.29) is 0 Å². The summed E-state index contributed by atoms with van der Waals surface area (Å²) in [7, 11) is 0. The molecule has 1 aliphatic rings. The minimum atomic E-state index is 0.939. The summed E-state index contributed by atoms with van der Waals surface area (Å²) in [4.78, 5) is 3.59. The summed E-state index contributed by atoms with van der Waals surface area (Å²) in [6.07, 6.45) is 9.72. The second-order valence-electron chi connectivity index (χ2n) is 7.64. The Labute approximate surface area is 153 Å². The van der Waals surface area contributed by atoms with Gasteiger partial charge >= 0.3 is 0 Å². The van der Waals surface area contributed by atoms with Gasteiger partial charge in [-0.3, -0.25) is 0 Å². The standard InChI is InChI=1S/C22H26BrN/c1-14-10-18-19-12-17(9-8-16-6-4-3-5-7-16)20(23)13-22(19)24-21(18)11-15(14)2/h10-13,16,24H,3-9H2,1-2H3. The molecule has 3 aromatic rings. The molecule has 2 heteroatoms. The third-order valence-electron chi connectivity index (χ3n) is 5.93. The van der Waals surface area contributed by atoms with Crippen molar-refractivity contribution < 1.29 is 0 Å². The minimum absolute atomic E-state index is 0.939. The zero-order chi connectivity index (χ0) is 16.7. The molecule has 0 unspecified atom stereocenters. The molecule has 2 aromatic carbocycles. The van der Waals surface area contributed by atoms with Crippen LogP contribution < -0.4 is 0 Å². The fraction of sp³-hybridized carbons (Fsp3) is 0.455. The summed E-state index contributed by atoms with van der Waals surface area (Å²) in [5.41, 5.74) is 6.68. The summed E-state index contributed by atoms with van der Waals surface area (Å²) in [6.45, 7) is 4.39. The third-order valence-corrected chi connectivity index (χ3v) is 6.66. The monoisotopic (exact) mass is 383 g/mol. The van der Waals surface area contributed by atoms with Gasteiger partial charge in [-0.15, -0.1) is 0 Å². The van der Waals surface area contributed by atoms with Crippen molar-refractivity contribution in [2.45, 2.75) is 58.8 Å². The Morgan fingerprint density at radius 3 is 2.38 bits per heavy atom. The van der Waals surface area contributed by atoms with Gasteiger partial charge in [0, 0.05) is 26.3 Å². The van der Waals surface area contributed by atoms with E-state index in [9.17, 15) is 0 Å². The number of rotatable bonds is 3. The Balaban J connectivity index is 1.69. The Hall–Kier alpha value is -1.28. The van der Waals surface area contributed by atoms with Crippen molar-refractivity contribution in [2.24, 2.45) is 5.92 Å². The summed E-state index contributed by atoms with van der Waals surface area (Å²) < 4.78 is 1.26. The molecule has 0 radical (unpaired) electrons. The highest BCUT2D eigenvalue weighted by molar-refractivity contribution is 9.10. The normalized spacial score (nSPS) is 16.3. The van der Waals surface area contributed by atoms with Gasteiger partial charge in [0.2, 0.25) is 0 Å². The van der Waals surface area contributed by atoms with E-state index < -0.39 is 0 Å². The van der Waals surface area contributed by atoms with Crippen molar-refractivity contribution in [3.63, 3.8) is 0 Å². The van der Waals surface area contributed by atoms with Gasteiger partial charge in [0.1, 0.15) is 0 Å². The lowest BCUT2D eigenvalue weighted by molar-refractivity contribution is 0.339. The number of aromatic nitrogens is 1. The second-order valence-corrected chi connectivity index (χ2v) is 8.49. The molecular formula is C22H26BrN. The number of nitrogens with one attached hydrogen (secondary N) is 1. The van der Waals surface area contributed by atoms with Crippen molar-refractivity contribution >= 4 is 37.7 Å². The second kappa shape index (κ2) is 6.55. The summed E-state index contributed by atoms with van der Waals surface area (Å²) >= 11 is 3.81. The number of fused-ring (bicyclic) bond motifs is 3. The maximum atomic E-state index is 3.81. The molecule has 1 N–H and O–H groups in total. The Kier molecular flexibility index (Phi) is 4.42. The minimum Gasteiger partial charge on any atom is -0.354 e. The number of halogens is 1. The first-order valence-corrected chi connectivity index (χ1v) is 10.1. The van der Waals surface area contributed by atoms with Gasteiger partial charge in [-0.25, -0.2) is 0 Å². The van der Waals surface area contributed by atoms with Crippen LogP contribution in [0.1, 0.15) is 55.2 Å². The van der Waals surface area contributed by atoms with Crippen LogP contribution in [0.5, 0.6) is 0 Å². The molecule has 1 nitrogen and oxygen atoms in total. The van der Waals surface area contributed by atoms with Crippen molar-refractivity contribution in [3.8, 4) is 0 Å². The molecule has 0 atom stereocenters. The highest BCUT2D eigenvalue weighted by Crippen LogP contribution is 2.34. The van der Waals surface area contributed by atoms with E-state index in [2.05, 4.69) is 59.0 Å². The molecule has 1 saturated carbocycles. The molecule has 0 aliphatic heterocycles.